The first-order valence-corrected chi connectivity index (χ1v) is 6.95. The summed E-state index contributed by atoms with van der Waals surface area (Å²) in [7, 11) is 0. The molecule has 0 aromatic heterocycles. The summed E-state index contributed by atoms with van der Waals surface area (Å²) in [6.45, 7) is 0.724. The highest BCUT2D eigenvalue weighted by molar-refractivity contribution is 9.10. The molecule has 2 fully saturated rings. The highest BCUT2D eigenvalue weighted by atomic mass is 79.9. The van der Waals surface area contributed by atoms with E-state index in [9.17, 15) is 10.1 Å². The number of nitrogens with one attached hydrogen (secondary N) is 1. The molecule has 3 N–H and O–H groups in total. The molecule has 0 spiro atoms. The Morgan fingerprint density at radius 1 is 1.53 bits per heavy atom. The number of halogens is 1. The Balaban J connectivity index is 1.83. The quantitative estimate of drug-likeness (QED) is 0.653. The Bertz CT molecular complexity index is 525. The number of hydrogen-bond acceptors (Lipinski definition) is 5. The van der Waals surface area contributed by atoms with Crippen molar-refractivity contribution in [2.75, 3.05) is 11.9 Å². The van der Waals surface area contributed by atoms with Crippen LogP contribution in [0.5, 0.6) is 0 Å². The summed E-state index contributed by atoms with van der Waals surface area (Å²) in [4.78, 5) is 10.6. The number of nitro benzene ring substituents is 1. The fourth-order valence-electron chi connectivity index (χ4n) is 2.89. The van der Waals surface area contributed by atoms with Crippen molar-refractivity contribution in [2.24, 2.45) is 11.7 Å². The van der Waals surface area contributed by atoms with E-state index in [0.29, 0.717) is 11.6 Å². The van der Waals surface area contributed by atoms with Crippen molar-refractivity contribution in [1.29, 1.82) is 0 Å². The zero-order chi connectivity index (χ0) is 13.6. The molecule has 7 heteroatoms. The third-order valence-electron chi connectivity index (χ3n) is 3.92. The van der Waals surface area contributed by atoms with E-state index in [0.717, 1.165) is 17.5 Å². The van der Waals surface area contributed by atoms with Crippen LogP contribution in [0.1, 0.15) is 6.42 Å². The van der Waals surface area contributed by atoms with Gasteiger partial charge in [0, 0.05) is 29.1 Å². The number of nitrogens with two attached hydrogens (primary N) is 1. The Morgan fingerprint density at radius 3 is 3.05 bits per heavy atom. The number of anilines is 1. The predicted octanol–water partition coefficient (Wildman–Crippen LogP) is 1.88. The van der Waals surface area contributed by atoms with Crippen LogP contribution in [-0.2, 0) is 4.74 Å². The van der Waals surface area contributed by atoms with Crippen molar-refractivity contribution >= 4 is 27.3 Å². The number of nitro groups is 1. The van der Waals surface area contributed by atoms with Crippen LogP contribution in [-0.4, -0.2) is 29.7 Å². The van der Waals surface area contributed by atoms with E-state index in [4.69, 9.17) is 10.5 Å². The number of nitrogens with zero attached hydrogens (tertiary/aromatic N) is 1. The smallest absolute Gasteiger partial charge is 0.292 e. The van der Waals surface area contributed by atoms with Gasteiger partial charge < -0.3 is 15.8 Å². The van der Waals surface area contributed by atoms with Crippen LogP contribution in [0.15, 0.2) is 22.7 Å². The van der Waals surface area contributed by atoms with Gasteiger partial charge in [-0.1, -0.05) is 15.9 Å². The van der Waals surface area contributed by atoms with E-state index in [1.54, 1.807) is 12.1 Å². The van der Waals surface area contributed by atoms with E-state index in [1.165, 1.54) is 6.07 Å². The molecule has 0 radical (unpaired) electrons. The molecule has 1 saturated heterocycles. The van der Waals surface area contributed by atoms with Crippen LogP contribution in [0.25, 0.3) is 0 Å². The van der Waals surface area contributed by atoms with E-state index in [1.807, 2.05) is 0 Å². The highest BCUT2D eigenvalue weighted by Gasteiger charge is 2.52. The van der Waals surface area contributed by atoms with Crippen molar-refractivity contribution in [2.45, 2.75) is 24.6 Å². The molecule has 1 saturated carbocycles. The van der Waals surface area contributed by atoms with E-state index >= 15 is 0 Å². The molecular formula is C12H14BrN3O3. The van der Waals surface area contributed by atoms with Gasteiger partial charge in [0.2, 0.25) is 0 Å². The molecule has 1 heterocycles. The summed E-state index contributed by atoms with van der Waals surface area (Å²) >= 11 is 3.32. The van der Waals surface area contributed by atoms with Crippen LogP contribution in [0, 0.1) is 16.0 Å². The van der Waals surface area contributed by atoms with Crippen LogP contribution in [0.4, 0.5) is 11.4 Å². The number of rotatable bonds is 3. The van der Waals surface area contributed by atoms with Gasteiger partial charge in [-0.05, 0) is 18.6 Å². The Morgan fingerprint density at radius 2 is 2.32 bits per heavy atom. The number of benzene rings is 1. The van der Waals surface area contributed by atoms with Crippen LogP contribution < -0.4 is 11.1 Å². The van der Waals surface area contributed by atoms with Gasteiger partial charge in [0.15, 0.2) is 0 Å². The van der Waals surface area contributed by atoms with Gasteiger partial charge in [0.05, 0.1) is 17.1 Å². The van der Waals surface area contributed by atoms with Crippen molar-refractivity contribution in [1.82, 2.24) is 0 Å². The van der Waals surface area contributed by atoms with Gasteiger partial charge in [0.25, 0.3) is 5.69 Å². The molecule has 1 aromatic rings. The lowest BCUT2D eigenvalue weighted by Crippen LogP contribution is -2.65. The lowest BCUT2D eigenvalue weighted by molar-refractivity contribution is -0.384. The molecule has 2 aliphatic rings. The Hall–Kier alpha value is -1.18. The molecular weight excluding hydrogens is 314 g/mol. The van der Waals surface area contributed by atoms with Gasteiger partial charge in [0.1, 0.15) is 5.69 Å². The molecule has 1 aromatic carbocycles. The summed E-state index contributed by atoms with van der Waals surface area (Å²) < 4.78 is 6.40. The first kappa shape index (κ1) is 12.8. The highest BCUT2D eigenvalue weighted by Crippen LogP contribution is 2.40. The SMILES string of the molecule is NC1C2CCOC2C1Nc1cc(Br)ccc1[N+](=O)[O-]. The summed E-state index contributed by atoms with van der Waals surface area (Å²) in [5, 5.41) is 14.2. The van der Waals surface area contributed by atoms with Crippen LogP contribution in [0.2, 0.25) is 0 Å². The van der Waals surface area contributed by atoms with Gasteiger partial charge >= 0.3 is 0 Å². The maximum Gasteiger partial charge on any atom is 0.292 e. The third kappa shape index (κ3) is 2.11. The van der Waals surface area contributed by atoms with Crippen LogP contribution in [0.3, 0.4) is 0 Å². The van der Waals surface area contributed by atoms with Crippen LogP contribution >= 0.6 is 15.9 Å². The largest absolute Gasteiger partial charge is 0.376 e. The summed E-state index contributed by atoms with van der Waals surface area (Å²) in [5.74, 6) is 0.378. The average Bonchev–Trinajstić information content (AvgIpc) is 2.80. The molecule has 0 bridgehead atoms. The first-order valence-electron chi connectivity index (χ1n) is 6.15. The lowest BCUT2D eigenvalue weighted by Gasteiger charge is -2.46. The van der Waals surface area contributed by atoms with Gasteiger partial charge in [-0.25, -0.2) is 0 Å². The maximum absolute atomic E-state index is 11.0. The minimum atomic E-state index is -0.397. The fourth-order valence-corrected chi connectivity index (χ4v) is 3.25. The normalized spacial score (nSPS) is 32.5. The molecule has 102 valence electrons. The number of fused-ring (bicyclic) bond motifs is 1. The fraction of sp³-hybridized carbons (Fsp3) is 0.500. The van der Waals surface area contributed by atoms with Crippen molar-refractivity contribution in [3.05, 3.63) is 32.8 Å². The van der Waals surface area contributed by atoms with E-state index in [-0.39, 0.29) is 23.9 Å². The zero-order valence-electron chi connectivity index (χ0n) is 10.1. The van der Waals surface area contributed by atoms with Gasteiger partial charge in [-0.15, -0.1) is 0 Å². The maximum atomic E-state index is 11.0. The second-order valence-corrected chi connectivity index (χ2v) is 5.87. The van der Waals surface area contributed by atoms with Gasteiger partial charge in [-0.3, -0.25) is 10.1 Å². The van der Waals surface area contributed by atoms with Gasteiger partial charge in [-0.2, -0.15) is 0 Å². The summed E-state index contributed by atoms with van der Waals surface area (Å²) in [6, 6.07) is 4.77. The molecule has 19 heavy (non-hydrogen) atoms. The zero-order valence-corrected chi connectivity index (χ0v) is 11.7. The summed E-state index contributed by atoms with van der Waals surface area (Å²) in [6.07, 6.45) is 1.05. The first-order chi connectivity index (χ1) is 9.08. The minimum absolute atomic E-state index is 0.00825. The minimum Gasteiger partial charge on any atom is -0.376 e. The summed E-state index contributed by atoms with van der Waals surface area (Å²) in [5.41, 5.74) is 6.63. The molecule has 0 amide bonds. The molecule has 3 rings (SSSR count). The monoisotopic (exact) mass is 327 g/mol. The van der Waals surface area contributed by atoms with E-state index in [2.05, 4.69) is 21.2 Å². The molecule has 1 aliphatic heterocycles. The topological polar surface area (TPSA) is 90.4 Å². The second kappa shape index (κ2) is 4.73. The molecule has 4 atom stereocenters. The average molecular weight is 328 g/mol. The molecule has 1 aliphatic carbocycles. The standard InChI is InChI=1S/C12H14BrN3O3/c13-6-1-2-9(16(17)18)8(5-6)15-11-10(14)7-3-4-19-12(7)11/h1-2,5,7,10-12,15H,3-4,14H2. The van der Waals surface area contributed by atoms with E-state index < -0.39 is 4.92 Å². The Labute approximate surface area is 118 Å². The number of ether oxygens (including phenoxy) is 1. The van der Waals surface area contributed by atoms with Crippen molar-refractivity contribution in [3.8, 4) is 0 Å². The van der Waals surface area contributed by atoms with Crippen molar-refractivity contribution < 1.29 is 9.66 Å². The lowest BCUT2D eigenvalue weighted by atomic mass is 9.72. The third-order valence-corrected chi connectivity index (χ3v) is 4.42. The molecule has 6 nitrogen and oxygen atoms in total. The van der Waals surface area contributed by atoms with Crippen molar-refractivity contribution in [3.63, 3.8) is 0 Å². The Kier molecular flexibility index (Phi) is 3.20. The second-order valence-electron chi connectivity index (χ2n) is 4.95. The number of hydrogen-bond donors (Lipinski definition) is 2. The predicted molar refractivity (Wildman–Crippen MR) is 74.0 cm³/mol. The molecule has 4 unspecified atom stereocenters.